The molecule has 1 heterocycles. The van der Waals surface area contributed by atoms with Crippen molar-refractivity contribution in [2.45, 2.75) is 36.6 Å². The van der Waals surface area contributed by atoms with Gasteiger partial charge in [0.2, 0.25) is 5.95 Å². The Morgan fingerprint density at radius 2 is 1.71 bits per heavy atom. The lowest BCUT2D eigenvalue weighted by atomic mass is 10.2. The standard InChI is InChI=1S/C21H24BrN5O2S2/c1-14(2)24-20-19(22)13-23-21(26-20)25-16-7-9-17(10-8-16)30(4)27-31(28,29)18-11-5-15(3)6-12-18/h5-14H,1-4H3,(H2,23,24,25,26)/t30-/m0/s1. The second kappa shape index (κ2) is 9.88. The van der Waals surface area contributed by atoms with Crippen LogP contribution in [0.1, 0.15) is 19.4 Å². The van der Waals surface area contributed by atoms with E-state index in [1.807, 2.05) is 45.0 Å². The molecular formula is C21H24BrN5O2S2. The molecule has 0 aliphatic rings. The van der Waals surface area contributed by atoms with Crippen molar-refractivity contribution < 1.29 is 8.42 Å². The van der Waals surface area contributed by atoms with Gasteiger partial charge in [-0.15, -0.1) is 3.77 Å². The van der Waals surface area contributed by atoms with Crippen molar-refractivity contribution in [2.75, 3.05) is 16.9 Å². The monoisotopic (exact) mass is 521 g/mol. The summed E-state index contributed by atoms with van der Waals surface area (Å²) in [7, 11) is -4.53. The molecule has 0 saturated heterocycles. The Morgan fingerprint density at radius 1 is 1.06 bits per heavy atom. The van der Waals surface area contributed by atoms with Crippen LogP contribution in [-0.2, 0) is 20.7 Å². The lowest BCUT2D eigenvalue weighted by molar-refractivity contribution is 0.598. The Labute approximate surface area is 194 Å². The molecule has 10 heteroatoms. The maximum absolute atomic E-state index is 12.6. The minimum Gasteiger partial charge on any atom is -0.367 e. The van der Waals surface area contributed by atoms with Crippen LogP contribution in [0.2, 0.25) is 0 Å². The zero-order valence-electron chi connectivity index (χ0n) is 17.6. The first kappa shape index (κ1) is 23.4. The van der Waals surface area contributed by atoms with Crippen LogP contribution in [0.25, 0.3) is 0 Å². The molecule has 0 spiro atoms. The van der Waals surface area contributed by atoms with Crippen LogP contribution in [0.4, 0.5) is 17.5 Å². The fourth-order valence-electron chi connectivity index (χ4n) is 2.61. The highest BCUT2D eigenvalue weighted by atomic mass is 79.9. The quantitative estimate of drug-likeness (QED) is 0.438. The van der Waals surface area contributed by atoms with Gasteiger partial charge in [0.1, 0.15) is 5.82 Å². The van der Waals surface area contributed by atoms with Crippen molar-refractivity contribution in [1.29, 1.82) is 0 Å². The van der Waals surface area contributed by atoms with E-state index >= 15 is 0 Å². The molecule has 2 N–H and O–H groups in total. The van der Waals surface area contributed by atoms with Gasteiger partial charge < -0.3 is 10.6 Å². The van der Waals surface area contributed by atoms with E-state index in [0.29, 0.717) is 11.8 Å². The maximum Gasteiger partial charge on any atom is 0.288 e. The fraction of sp³-hybridized carbons (Fsp3) is 0.238. The zero-order valence-corrected chi connectivity index (χ0v) is 20.8. The van der Waals surface area contributed by atoms with Crippen LogP contribution in [0.15, 0.2) is 72.8 Å². The van der Waals surface area contributed by atoms with Crippen LogP contribution >= 0.6 is 15.9 Å². The molecule has 3 rings (SSSR count). The molecule has 0 amide bonds. The number of aryl methyl sites for hydroxylation is 1. The highest BCUT2D eigenvalue weighted by Gasteiger charge is 2.13. The van der Waals surface area contributed by atoms with Crippen LogP contribution in [0.3, 0.4) is 0 Å². The van der Waals surface area contributed by atoms with Crippen molar-refractivity contribution in [3.05, 3.63) is 64.8 Å². The van der Waals surface area contributed by atoms with Gasteiger partial charge in [0.25, 0.3) is 10.0 Å². The lowest BCUT2D eigenvalue weighted by Crippen LogP contribution is -2.12. The molecule has 0 aliphatic heterocycles. The van der Waals surface area contributed by atoms with E-state index in [9.17, 15) is 8.42 Å². The molecule has 0 unspecified atom stereocenters. The third kappa shape index (κ3) is 6.34. The number of nitrogens with zero attached hydrogens (tertiary/aromatic N) is 3. The van der Waals surface area contributed by atoms with Gasteiger partial charge >= 0.3 is 0 Å². The van der Waals surface area contributed by atoms with Crippen molar-refractivity contribution in [1.82, 2.24) is 9.97 Å². The number of aromatic nitrogens is 2. The smallest absolute Gasteiger partial charge is 0.288 e. The molecule has 31 heavy (non-hydrogen) atoms. The summed E-state index contributed by atoms with van der Waals surface area (Å²) in [6, 6.07) is 14.4. The molecule has 1 atom stereocenters. The summed E-state index contributed by atoms with van der Waals surface area (Å²) in [5, 5.41) is 6.42. The number of benzene rings is 2. The molecule has 7 nitrogen and oxygen atoms in total. The topological polar surface area (TPSA) is 96.3 Å². The van der Waals surface area contributed by atoms with Gasteiger partial charge in [-0.1, -0.05) is 28.4 Å². The molecule has 2 aromatic carbocycles. The summed E-state index contributed by atoms with van der Waals surface area (Å²) in [5.41, 5.74) is 1.79. The summed E-state index contributed by atoms with van der Waals surface area (Å²) in [6.45, 7) is 5.98. The molecule has 0 aliphatic carbocycles. The summed E-state index contributed by atoms with van der Waals surface area (Å²) < 4.78 is 30.0. The summed E-state index contributed by atoms with van der Waals surface area (Å²) in [5.74, 6) is 1.17. The van der Waals surface area contributed by atoms with E-state index in [-0.39, 0.29) is 10.9 Å². The number of rotatable bonds is 7. The minimum atomic E-state index is -3.71. The van der Waals surface area contributed by atoms with Gasteiger partial charge in [-0.05, 0) is 79.4 Å². The first-order chi connectivity index (χ1) is 14.6. The second-order valence-electron chi connectivity index (χ2n) is 7.18. The molecule has 0 radical (unpaired) electrons. The summed E-state index contributed by atoms with van der Waals surface area (Å²) in [6.07, 6.45) is 3.47. The van der Waals surface area contributed by atoms with Gasteiger partial charge in [-0.2, -0.15) is 13.4 Å². The predicted molar refractivity (Wildman–Crippen MR) is 131 cm³/mol. The number of halogens is 1. The highest BCUT2D eigenvalue weighted by molar-refractivity contribution is 9.10. The van der Waals surface area contributed by atoms with E-state index in [2.05, 4.69) is 40.3 Å². The van der Waals surface area contributed by atoms with Gasteiger partial charge in [0.05, 0.1) is 9.37 Å². The van der Waals surface area contributed by atoms with E-state index in [1.165, 1.54) is 0 Å². The number of nitrogens with one attached hydrogen (secondary N) is 2. The second-order valence-corrected chi connectivity index (χ2v) is 11.5. The van der Waals surface area contributed by atoms with Crippen LogP contribution in [0.5, 0.6) is 0 Å². The zero-order chi connectivity index (χ0) is 22.6. The molecule has 0 saturated carbocycles. The lowest BCUT2D eigenvalue weighted by Gasteiger charge is -2.12. The van der Waals surface area contributed by atoms with E-state index in [0.717, 1.165) is 20.6 Å². The van der Waals surface area contributed by atoms with Gasteiger partial charge in [0, 0.05) is 22.8 Å². The Hall–Kier alpha value is -2.30. The number of anilines is 3. The average molecular weight is 522 g/mol. The molecule has 0 bridgehead atoms. The minimum absolute atomic E-state index is 0.203. The third-order valence-electron chi connectivity index (χ3n) is 4.15. The molecule has 164 valence electrons. The first-order valence-corrected chi connectivity index (χ1v) is 13.3. The van der Waals surface area contributed by atoms with Crippen LogP contribution in [-0.4, -0.2) is 30.7 Å². The van der Waals surface area contributed by atoms with E-state index in [4.69, 9.17) is 0 Å². The first-order valence-electron chi connectivity index (χ1n) is 9.51. The van der Waals surface area contributed by atoms with Crippen molar-refractivity contribution >= 4 is 54.1 Å². The van der Waals surface area contributed by atoms with Crippen LogP contribution in [0, 0.1) is 6.92 Å². The number of hydrogen-bond donors (Lipinski definition) is 2. The van der Waals surface area contributed by atoms with Crippen molar-refractivity contribution in [3.8, 4) is 0 Å². The number of sulfonamides is 1. The van der Waals surface area contributed by atoms with Crippen molar-refractivity contribution in [2.24, 2.45) is 3.77 Å². The third-order valence-corrected chi connectivity index (χ3v) is 8.23. The normalized spacial score (nSPS) is 12.7. The summed E-state index contributed by atoms with van der Waals surface area (Å²) in [4.78, 5) is 9.78. The largest absolute Gasteiger partial charge is 0.367 e. The fourth-order valence-corrected chi connectivity index (χ4v) is 5.79. The Kier molecular flexibility index (Phi) is 7.45. The predicted octanol–water partition coefficient (Wildman–Crippen LogP) is 5.29. The Bertz CT molecular complexity index is 1200. The number of hydrogen-bond acceptors (Lipinski definition) is 6. The summed E-state index contributed by atoms with van der Waals surface area (Å²) >= 11 is 3.44. The van der Waals surface area contributed by atoms with Gasteiger partial charge in [0.15, 0.2) is 0 Å². The van der Waals surface area contributed by atoms with E-state index in [1.54, 1.807) is 36.7 Å². The SMILES string of the molecule is Cc1ccc(S(=O)(=O)N=[S@@](C)c2ccc(Nc3ncc(Br)c(NC(C)C)n3)cc2)cc1. The average Bonchev–Trinajstić information content (AvgIpc) is 2.70. The van der Waals surface area contributed by atoms with Crippen molar-refractivity contribution in [3.63, 3.8) is 0 Å². The molecule has 1 aromatic heterocycles. The van der Waals surface area contributed by atoms with E-state index < -0.39 is 20.7 Å². The van der Waals surface area contributed by atoms with Crippen LogP contribution < -0.4 is 10.6 Å². The Morgan fingerprint density at radius 3 is 2.32 bits per heavy atom. The van der Waals surface area contributed by atoms with Gasteiger partial charge in [-0.25, -0.2) is 4.98 Å². The molecule has 0 fully saturated rings. The Balaban J connectivity index is 1.77. The van der Waals surface area contributed by atoms with Gasteiger partial charge in [-0.3, -0.25) is 0 Å². The molecule has 3 aromatic rings. The maximum atomic E-state index is 12.6. The molecular weight excluding hydrogens is 498 g/mol. The highest BCUT2D eigenvalue weighted by Crippen LogP contribution is 2.23.